The highest BCUT2D eigenvalue weighted by Crippen LogP contribution is 2.38. The highest BCUT2D eigenvalue weighted by molar-refractivity contribution is 5.89. The summed E-state index contributed by atoms with van der Waals surface area (Å²) in [5.74, 6) is -0.471. The maximum atomic E-state index is 11.9. The molecule has 2 fully saturated rings. The zero-order valence-corrected chi connectivity index (χ0v) is 11.7. The van der Waals surface area contributed by atoms with Gasteiger partial charge in [-0.15, -0.1) is 0 Å². The quantitative estimate of drug-likeness (QED) is 0.802. The number of carbonyl (C=O) groups excluding carboxylic acids is 1. The summed E-state index contributed by atoms with van der Waals surface area (Å²) in [5, 5.41) is 11.6. The van der Waals surface area contributed by atoms with Crippen molar-refractivity contribution in [3.63, 3.8) is 0 Å². The number of carbonyl (C=O) groups is 2. The molecule has 3 rings (SSSR count). The van der Waals surface area contributed by atoms with E-state index in [1.165, 1.54) is 12.8 Å². The van der Waals surface area contributed by atoms with Gasteiger partial charge >= 0.3 is 5.97 Å². The van der Waals surface area contributed by atoms with E-state index in [2.05, 4.69) is 5.32 Å². The number of aliphatic carboxylic acids is 1. The zero-order valence-electron chi connectivity index (χ0n) is 11.7. The van der Waals surface area contributed by atoms with Crippen molar-refractivity contribution in [2.75, 3.05) is 6.61 Å². The number of amides is 1. The molecule has 2 atom stereocenters. The lowest BCUT2D eigenvalue weighted by molar-refractivity contribution is -0.140. The first kappa shape index (κ1) is 13.9. The van der Waals surface area contributed by atoms with Crippen LogP contribution in [0.25, 0.3) is 0 Å². The van der Waals surface area contributed by atoms with Crippen LogP contribution in [0.5, 0.6) is 5.75 Å². The maximum Gasteiger partial charge on any atom is 0.307 e. The lowest BCUT2D eigenvalue weighted by Gasteiger charge is -2.12. The topological polar surface area (TPSA) is 75.6 Å². The fourth-order valence-corrected chi connectivity index (χ4v) is 2.35. The minimum atomic E-state index is -0.886. The summed E-state index contributed by atoms with van der Waals surface area (Å²) in [7, 11) is 0. The van der Waals surface area contributed by atoms with Gasteiger partial charge in [-0.05, 0) is 31.2 Å². The van der Waals surface area contributed by atoms with Crippen LogP contribution in [0.1, 0.15) is 24.8 Å². The molecule has 0 radical (unpaired) electrons. The molecular weight excluding hydrogens is 270 g/mol. The normalized spacial score (nSPS) is 23.4. The molecule has 5 nitrogen and oxygen atoms in total. The zero-order chi connectivity index (χ0) is 14.8. The standard InChI is InChI=1S/C16H19NO4/c18-15(12-7-13(12)16(19)20)17-8-11-3-1-2-4-14(11)21-9-10-5-6-10/h1-4,10,12-13H,5-9H2,(H,17,18)(H,19,20)/t12-,13+/m1/s1. The van der Waals surface area contributed by atoms with Crippen LogP contribution < -0.4 is 10.1 Å². The third-order valence-electron chi connectivity index (χ3n) is 4.04. The molecule has 1 amide bonds. The van der Waals surface area contributed by atoms with E-state index in [4.69, 9.17) is 9.84 Å². The molecule has 2 saturated carbocycles. The second kappa shape index (κ2) is 5.76. The maximum absolute atomic E-state index is 11.9. The van der Waals surface area contributed by atoms with E-state index in [9.17, 15) is 9.59 Å². The molecule has 0 aromatic heterocycles. The summed E-state index contributed by atoms with van der Waals surface area (Å²) < 4.78 is 5.78. The Hall–Kier alpha value is -2.04. The second-order valence-corrected chi connectivity index (χ2v) is 5.87. The minimum absolute atomic E-state index is 0.181. The summed E-state index contributed by atoms with van der Waals surface area (Å²) in [6.07, 6.45) is 2.91. The number of para-hydroxylation sites is 1. The Labute approximate surface area is 123 Å². The second-order valence-electron chi connectivity index (χ2n) is 5.87. The van der Waals surface area contributed by atoms with Gasteiger partial charge in [-0.2, -0.15) is 0 Å². The van der Waals surface area contributed by atoms with E-state index >= 15 is 0 Å². The van der Waals surface area contributed by atoms with Crippen LogP contribution in [0.3, 0.4) is 0 Å². The monoisotopic (exact) mass is 289 g/mol. The van der Waals surface area contributed by atoms with E-state index in [0.717, 1.165) is 17.9 Å². The van der Waals surface area contributed by atoms with Crippen molar-refractivity contribution in [3.8, 4) is 5.75 Å². The van der Waals surface area contributed by atoms with Gasteiger partial charge in [0, 0.05) is 12.1 Å². The molecular formula is C16H19NO4. The van der Waals surface area contributed by atoms with Crippen molar-refractivity contribution < 1.29 is 19.4 Å². The van der Waals surface area contributed by atoms with Crippen LogP contribution in [0.4, 0.5) is 0 Å². The number of carboxylic acid groups (broad SMARTS) is 1. The van der Waals surface area contributed by atoms with Crippen LogP contribution in [0, 0.1) is 17.8 Å². The fraction of sp³-hybridized carbons (Fsp3) is 0.500. The number of hydrogen-bond donors (Lipinski definition) is 2. The van der Waals surface area contributed by atoms with Crippen LogP contribution >= 0.6 is 0 Å². The lowest BCUT2D eigenvalue weighted by Crippen LogP contribution is -2.26. The van der Waals surface area contributed by atoms with Gasteiger partial charge in [0.25, 0.3) is 0 Å². The van der Waals surface area contributed by atoms with Gasteiger partial charge in [0.05, 0.1) is 18.4 Å². The smallest absolute Gasteiger partial charge is 0.307 e. The van der Waals surface area contributed by atoms with Crippen LogP contribution in [0.15, 0.2) is 24.3 Å². The Morgan fingerprint density at radius 3 is 2.67 bits per heavy atom. The van der Waals surface area contributed by atoms with Gasteiger partial charge in [0.15, 0.2) is 0 Å². The Kier molecular flexibility index (Phi) is 3.82. The number of benzene rings is 1. The molecule has 1 aromatic carbocycles. The van der Waals surface area contributed by atoms with Gasteiger partial charge in [-0.1, -0.05) is 18.2 Å². The van der Waals surface area contributed by atoms with Gasteiger partial charge in [-0.3, -0.25) is 9.59 Å². The predicted molar refractivity (Wildman–Crippen MR) is 75.7 cm³/mol. The molecule has 21 heavy (non-hydrogen) atoms. The van der Waals surface area contributed by atoms with E-state index in [1.807, 2.05) is 24.3 Å². The molecule has 0 unspecified atom stereocenters. The molecule has 2 aliphatic carbocycles. The number of hydrogen-bond acceptors (Lipinski definition) is 3. The average molecular weight is 289 g/mol. The van der Waals surface area contributed by atoms with E-state index in [0.29, 0.717) is 18.9 Å². The highest BCUT2D eigenvalue weighted by atomic mass is 16.5. The van der Waals surface area contributed by atoms with Crippen LogP contribution in [0.2, 0.25) is 0 Å². The van der Waals surface area contributed by atoms with Crippen LogP contribution in [-0.2, 0) is 16.1 Å². The first-order chi connectivity index (χ1) is 10.1. The molecule has 0 aliphatic heterocycles. The Morgan fingerprint density at radius 2 is 2.00 bits per heavy atom. The molecule has 0 heterocycles. The van der Waals surface area contributed by atoms with Crippen molar-refractivity contribution in [1.29, 1.82) is 0 Å². The number of nitrogens with one attached hydrogen (secondary N) is 1. The molecule has 5 heteroatoms. The van der Waals surface area contributed by atoms with Crippen molar-refractivity contribution >= 4 is 11.9 Å². The summed E-state index contributed by atoms with van der Waals surface area (Å²) in [4.78, 5) is 22.6. The van der Waals surface area contributed by atoms with Gasteiger partial charge in [0.2, 0.25) is 5.91 Å². The first-order valence-corrected chi connectivity index (χ1v) is 7.36. The predicted octanol–water partition coefficient (Wildman–Crippen LogP) is 1.81. The van der Waals surface area contributed by atoms with Gasteiger partial charge in [0.1, 0.15) is 5.75 Å². The van der Waals surface area contributed by atoms with Gasteiger partial charge in [-0.25, -0.2) is 0 Å². The van der Waals surface area contributed by atoms with E-state index in [-0.39, 0.29) is 11.8 Å². The molecule has 0 bridgehead atoms. The summed E-state index contributed by atoms with van der Waals surface area (Å²) in [5.41, 5.74) is 0.930. The summed E-state index contributed by atoms with van der Waals surface area (Å²) >= 11 is 0. The average Bonchev–Trinajstić information content (AvgIpc) is 3.37. The minimum Gasteiger partial charge on any atom is -0.493 e. The highest BCUT2D eigenvalue weighted by Gasteiger charge is 2.48. The Bertz CT molecular complexity index is 553. The lowest BCUT2D eigenvalue weighted by atomic mass is 10.2. The van der Waals surface area contributed by atoms with Crippen LogP contribution in [-0.4, -0.2) is 23.6 Å². The summed E-state index contributed by atoms with van der Waals surface area (Å²) in [6.45, 7) is 1.11. The Balaban J connectivity index is 1.52. The van der Waals surface area contributed by atoms with Crippen molar-refractivity contribution in [1.82, 2.24) is 5.32 Å². The van der Waals surface area contributed by atoms with E-state index < -0.39 is 11.9 Å². The number of ether oxygens (including phenoxy) is 1. The molecule has 112 valence electrons. The molecule has 2 aliphatic rings. The molecule has 1 aromatic rings. The third-order valence-corrected chi connectivity index (χ3v) is 4.04. The fourth-order valence-electron chi connectivity index (χ4n) is 2.35. The van der Waals surface area contributed by atoms with E-state index in [1.54, 1.807) is 0 Å². The van der Waals surface area contributed by atoms with Crippen molar-refractivity contribution in [3.05, 3.63) is 29.8 Å². The van der Waals surface area contributed by atoms with Crippen molar-refractivity contribution in [2.45, 2.75) is 25.8 Å². The summed E-state index contributed by atoms with van der Waals surface area (Å²) in [6, 6.07) is 7.64. The number of carboxylic acids is 1. The molecule has 0 saturated heterocycles. The van der Waals surface area contributed by atoms with Gasteiger partial charge < -0.3 is 15.2 Å². The first-order valence-electron chi connectivity index (χ1n) is 7.36. The Morgan fingerprint density at radius 1 is 1.24 bits per heavy atom. The SMILES string of the molecule is O=C(O)[C@H]1C[C@H]1C(=O)NCc1ccccc1OCC1CC1. The molecule has 0 spiro atoms. The third kappa shape index (κ3) is 3.54. The van der Waals surface area contributed by atoms with Crippen molar-refractivity contribution in [2.24, 2.45) is 17.8 Å². The number of rotatable bonds is 7. The molecule has 2 N–H and O–H groups in total. The largest absolute Gasteiger partial charge is 0.493 e.